The molecular formula is C19H15Cl2F4N3O2S. The summed E-state index contributed by atoms with van der Waals surface area (Å²) in [5, 5.41) is 6.33. The van der Waals surface area contributed by atoms with Crippen molar-refractivity contribution in [2.75, 3.05) is 13.2 Å². The molecule has 3 heterocycles. The second-order valence-corrected chi connectivity index (χ2v) is 9.13. The predicted molar refractivity (Wildman–Crippen MR) is 109 cm³/mol. The van der Waals surface area contributed by atoms with Gasteiger partial charge in [0.1, 0.15) is 12.5 Å². The van der Waals surface area contributed by atoms with Crippen LogP contribution in [0.3, 0.4) is 0 Å². The van der Waals surface area contributed by atoms with E-state index in [4.69, 9.17) is 28.0 Å². The molecule has 1 aromatic heterocycles. The van der Waals surface area contributed by atoms with Gasteiger partial charge in [0, 0.05) is 33.6 Å². The standard InChI is InChI=1S/C19H15Cl2F4N3O2S/c20-12-4-11(5-13(21)6-12)18(19(23,24)25)7-16(27-30-18)28-8-10-3-14(31-15(10)9-28)17(29)26-2-1-22/h3-6H,1-2,7-9H2,(H,26,29). The van der Waals surface area contributed by atoms with Gasteiger partial charge < -0.3 is 15.1 Å². The Morgan fingerprint density at radius 2 is 1.94 bits per heavy atom. The molecule has 0 saturated carbocycles. The normalized spacial score (nSPS) is 20.5. The van der Waals surface area contributed by atoms with Crippen LogP contribution in [0.5, 0.6) is 0 Å². The molecule has 1 aromatic carbocycles. The van der Waals surface area contributed by atoms with Crippen LogP contribution in [0.25, 0.3) is 0 Å². The minimum atomic E-state index is -4.77. The van der Waals surface area contributed by atoms with Gasteiger partial charge in [0.25, 0.3) is 11.5 Å². The van der Waals surface area contributed by atoms with Gasteiger partial charge in [-0.05, 0) is 29.8 Å². The molecule has 0 saturated heterocycles. The molecule has 1 atom stereocenters. The van der Waals surface area contributed by atoms with Gasteiger partial charge in [-0.3, -0.25) is 4.79 Å². The van der Waals surface area contributed by atoms with Gasteiger partial charge in [-0.15, -0.1) is 11.3 Å². The van der Waals surface area contributed by atoms with Crippen molar-refractivity contribution in [1.29, 1.82) is 0 Å². The molecule has 0 bridgehead atoms. The Kier molecular flexibility index (Phi) is 5.82. The first-order valence-corrected chi connectivity index (χ1v) is 10.7. The molecule has 2 aliphatic rings. The van der Waals surface area contributed by atoms with Crippen molar-refractivity contribution in [3.8, 4) is 0 Å². The van der Waals surface area contributed by atoms with Crippen molar-refractivity contribution < 1.29 is 27.2 Å². The average Bonchev–Trinajstić information content (AvgIpc) is 3.37. The summed E-state index contributed by atoms with van der Waals surface area (Å²) >= 11 is 13.0. The molecule has 2 aliphatic heterocycles. The molecule has 1 amide bonds. The molecule has 12 heteroatoms. The highest BCUT2D eigenvalue weighted by molar-refractivity contribution is 7.14. The monoisotopic (exact) mass is 495 g/mol. The zero-order valence-electron chi connectivity index (χ0n) is 15.7. The average molecular weight is 496 g/mol. The Labute approximate surface area is 188 Å². The number of nitrogens with zero attached hydrogens (tertiary/aromatic N) is 2. The zero-order chi connectivity index (χ0) is 22.4. The predicted octanol–water partition coefficient (Wildman–Crippen LogP) is 5.26. The molecule has 0 aliphatic carbocycles. The highest BCUT2D eigenvalue weighted by Gasteiger charge is 2.63. The Morgan fingerprint density at radius 3 is 2.55 bits per heavy atom. The molecule has 2 aromatic rings. The van der Waals surface area contributed by atoms with E-state index in [0.29, 0.717) is 11.4 Å². The van der Waals surface area contributed by atoms with Crippen LogP contribution in [0.1, 0.15) is 32.1 Å². The topological polar surface area (TPSA) is 53.9 Å². The lowest BCUT2D eigenvalue weighted by Crippen LogP contribution is -2.43. The summed E-state index contributed by atoms with van der Waals surface area (Å²) in [4.78, 5) is 19.9. The third kappa shape index (κ3) is 4.08. The van der Waals surface area contributed by atoms with E-state index in [2.05, 4.69) is 10.5 Å². The highest BCUT2D eigenvalue weighted by atomic mass is 35.5. The Morgan fingerprint density at radius 1 is 1.23 bits per heavy atom. The van der Waals surface area contributed by atoms with Crippen LogP contribution in [0.2, 0.25) is 10.0 Å². The SMILES string of the molecule is O=C(NCCF)c1cc2c(s1)CN(C1=NOC(c3cc(Cl)cc(Cl)c3)(C(F)(F)F)C1)C2. The summed E-state index contributed by atoms with van der Waals surface area (Å²) in [6.07, 6.45) is -5.30. The molecule has 31 heavy (non-hydrogen) atoms. The summed E-state index contributed by atoms with van der Waals surface area (Å²) in [6.45, 7) is -0.157. The van der Waals surface area contributed by atoms with Gasteiger partial charge in [-0.2, -0.15) is 13.2 Å². The fourth-order valence-corrected chi connectivity index (χ4v) is 5.19. The van der Waals surface area contributed by atoms with Crippen LogP contribution >= 0.6 is 34.5 Å². The van der Waals surface area contributed by atoms with Crippen LogP contribution in [0, 0.1) is 0 Å². The van der Waals surface area contributed by atoms with E-state index in [9.17, 15) is 22.4 Å². The minimum Gasteiger partial charge on any atom is -0.372 e. The Hall–Kier alpha value is -2.04. The maximum absolute atomic E-state index is 14.1. The number of thiophene rings is 1. The van der Waals surface area contributed by atoms with Crippen molar-refractivity contribution in [3.63, 3.8) is 0 Å². The van der Waals surface area contributed by atoms with Crippen LogP contribution in [-0.4, -0.2) is 36.0 Å². The summed E-state index contributed by atoms with van der Waals surface area (Å²) in [5.41, 5.74) is -2.10. The maximum atomic E-state index is 14.1. The van der Waals surface area contributed by atoms with E-state index in [1.807, 2.05) is 0 Å². The molecule has 0 fully saturated rings. The Balaban J connectivity index is 1.53. The quantitative estimate of drug-likeness (QED) is 0.588. The molecule has 1 unspecified atom stereocenters. The van der Waals surface area contributed by atoms with E-state index in [-0.39, 0.29) is 40.4 Å². The number of benzene rings is 1. The zero-order valence-corrected chi connectivity index (χ0v) is 18.1. The lowest BCUT2D eigenvalue weighted by molar-refractivity contribution is -0.275. The van der Waals surface area contributed by atoms with Gasteiger partial charge in [0.15, 0.2) is 0 Å². The summed E-state index contributed by atoms with van der Waals surface area (Å²) in [5.74, 6) is -0.237. The summed E-state index contributed by atoms with van der Waals surface area (Å²) < 4.78 is 54.5. The minimum absolute atomic E-state index is 0.0603. The number of amidine groups is 1. The van der Waals surface area contributed by atoms with Crippen molar-refractivity contribution in [2.24, 2.45) is 5.16 Å². The number of hydrogen-bond donors (Lipinski definition) is 1. The maximum Gasteiger partial charge on any atom is 0.435 e. The number of nitrogens with one attached hydrogen (secondary N) is 1. The van der Waals surface area contributed by atoms with Gasteiger partial charge in [0.05, 0.1) is 17.8 Å². The van der Waals surface area contributed by atoms with Crippen molar-refractivity contribution in [1.82, 2.24) is 10.2 Å². The van der Waals surface area contributed by atoms with E-state index in [0.717, 1.165) is 10.4 Å². The van der Waals surface area contributed by atoms with E-state index in [1.54, 1.807) is 11.0 Å². The second-order valence-electron chi connectivity index (χ2n) is 7.12. The van der Waals surface area contributed by atoms with Crippen molar-refractivity contribution in [3.05, 3.63) is 55.2 Å². The van der Waals surface area contributed by atoms with Crippen molar-refractivity contribution in [2.45, 2.75) is 31.3 Å². The number of halogens is 6. The Bertz CT molecular complexity index is 1020. The van der Waals surface area contributed by atoms with E-state index < -0.39 is 24.9 Å². The van der Waals surface area contributed by atoms with Crippen molar-refractivity contribution >= 4 is 46.3 Å². The lowest BCUT2D eigenvalue weighted by atomic mass is 9.89. The van der Waals surface area contributed by atoms with E-state index in [1.165, 1.54) is 29.5 Å². The van der Waals surface area contributed by atoms with Crippen LogP contribution in [-0.2, 0) is 23.5 Å². The first-order chi connectivity index (χ1) is 14.6. The number of amides is 1. The molecule has 166 valence electrons. The molecule has 4 rings (SSSR count). The second kappa shape index (κ2) is 8.14. The van der Waals surface area contributed by atoms with Gasteiger partial charge in [-0.25, -0.2) is 4.39 Å². The first kappa shape index (κ1) is 22.2. The van der Waals surface area contributed by atoms with Crippen LogP contribution in [0.4, 0.5) is 17.6 Å². The number of alkyl halides is 4. The molecule has 1 N–H and O–H groups in total. The number of oxime groups is 1. The number of rotatable bonds is 4. The number of fused-ring (bicyclic) bond motifs is 1. The van der Waals surface area contributed by atoms with E-state index >= 15 is 0 Å². The molecule has 0 spiro atoms. The van der Waals surface area contributed by atoms with Gasteiger partial charge in [-0.1, -0.05) is 28.4 Å². The molecular weight excluding hydrogens is 481 g/mol. The highest BCUT2D eigenvalue weighted by Crippen LogP contribution is 2.50. The lowest BCUT2D eigenvalue weighted by Gasteiger charge is -2.30. The van der Waals surface area contributed by atoms with Gasteiger partial charge in [0.2, 0.25) is 0 Å². The number of hydrogen-bond acceptors (Lipinski definition) is 5. The number of carbonyl (C=O) groups is 1. The van der Waals surface area contributed by atoms with Crippen LogP contribution < -0.4 is 5.32 Å². The first-order valence-electron chi connectivity index (χ1n) is 9.12. The fourth-order valence-electron chi connectivity index (χ4n) is 3.56. The van der Waals surface area contributed by atoms with Gasteiger partial charge >= 0.3 is 6.18 Å². The number of carbonyl (C=O) groups excluding carboxylic acids is 1. The third-order valence-electron chi connectivity index (χ3n) is 5.06. The smallest absolute Gasteiger partial charge is 0.372 e. The van der Waals surface area contributed by atoms with Crippen LogP contribution in [0.15, 0.2) is 29.4 Å². The fraction of sp³-hybridized carbons (Fsp3) is 0.368. The molecule has 0 radical (unpaired) electrons. The third-order valence-corrected chi connectivity index (χ3v) is 6.66. The summed E-state index contributed by atoms with van der Waals surface area (Å²) in [6, 6.07) is 5.34. The largest absolute Gasteiger partial charge is 0.435 e. The summed E-state index contributed by atoms with van der Waals surface area (Å²) in [7, 11) is 0. The molecule has 5 nitrogen and oxygen atoms in total.